The van der Waals surface area contributed by atoms with Crippen LogP contribution in [-0.4, -0.2) is 11.6 Å². The van der Waals surface area contributed by atoms with E-state index >= 15 is 0 Å². The summed E-state index contributed by atoms with van der Waals surface area (Å²) in [5.41, 5.74) is 2.81. The number of fused-ring (bicyclic) bond motifs is 1. The monoisotopic (exact) mass is 341 g/mol. The molecule has 0 bridgehead atoms. The number of aryl methyl sites for hydroxylation is 1. The average Bonchev–Trinajstić information content (AvgIpc) is 2.96. The lowest BCUT2D eigenvalue weighted by Gasteiger charge is -2.28. The lowest BCUT2D eigenvalue weighted by atomic mass is 9.80. The molecule has 0 saturated heterocycles. The predicted octanol–water partition coefficient (Wildman–Crippen LogP) is 4.77. The number of hydrogen-bond donors (Lipinski definition) is 1. The van der Waals surface area contributed by atoms with E-state index in [1.54, 1.807) is 12.1 Å². The van der Waals surface area contributed by atoms with Crippen LogP contribution in [0.25, 0.3) is 0 Å². The van der Waals surface area contributed by atoms with E-state index in [1.165, 1.54) is 0 Å². The third-order valence-corrected chi connectivity index (χ3v) is 4.94. The summed E-state index contributed by atoms with van der Waals surface area (Å²) in [6.45, 7) is 1.96. The predicted molar refractivity (Wildman–Crippen MR) is 103 cm³/mol. The summed E-state index contributed by atoms with van der Waals surface area (Å²) in [6, 6.07) is 24.4. The van der Waals surface area contributed by atoms with Gasteiger partial charge in [-0.15, -0.1) is 0 Å². The van der Waals surface area contributed by atoms with Crippen molar-refractivity contribution in [2.24, 2.45) is 0 Å². The molecule has 3 nitrogen and oxygen atoms in total. The normalized spacial score (nSPS) is 18.3. The van der Waals surface area contributed by atoms with Crippen molar-refractivity contribution in [3.63, 3.8) is 0 Å². The fourth-order valence-electron chi connectivity index (χ4n) is 3.59. The lowest BCUT2D eigenvalue weighted by Crippen LogP contribution is -2.40. The van der Waals surface area contributed by atoms with Gasteiger partial charge in [-0.1, -0.05) is 72.3 Å². The molecule has 0 saturated carbocycles. The summed E-state index contributed by atoms with van der Waals surface area (Å²) < 4.78 is 0. The molecule has 26 heavy (non-hydrogen) atoms. The van der Waals surface area contributed by atoms with Crippen LogP contribution in [0.4, 0.5) is 5.69 Å². The molecule has 0 spiro atoms. The van der Waals surface area contributed by atoms with Crippen molar-refractivity contribution < 1.29 is 9.59 Å². The van der Waals surface area contributed by atoms with Crippen molar-refractivity contribution in [3.8, 4) is 0 Å². The minimum atomic E-state index is -1.07. The van der Waals surface area contributed by atoms with E-state index in [9.17, 15) is 9.59 Å². The van der Waals surface area contributed by atoms with Gasteiger partial charge in [0.15, 0.2) is 11.6 Å². The summed E-state index contributed by atoms with van der Waals surface area (Å²) in [5.74, 6) is -0.105. The molecular formula is C23H19NO2. The van der Waals surface area contributed by atoms with Crippen LogP contribution >= 0.6 is 0 Å². The Labute approximate surface area is 152 Å². The van der Waals surface area contributed by atoms with Crippen molar-refractivity contribution in [2.75, 3.05) is 5.32 Å². The van der Waals surface area contributed by atoms with Crippen LogP contribution in [-0.2, 0) is 5.54 Å². The van der Waals surface area contributed by atoms with Crippen molar-refractivity contribution in [1.82, 2.24) is 0 Å². The summed E-state index contributed by atoms with van der Waals surface area (Å²) in [4.78, 5) is 26.4. The molecule has 0 amide bonds. The van der Waals surface area contributed by atoms with Crippen molar-refractivity contribution in [2.45, 2.75) is 18.9 Å². The fraction of sp³-hybridized carbons (Fsp3) is 0.130. The highest BCUT2D eigenvalue weighted by Gasteiger charge is 2.48. The third-order valence-electron chi connectivity index (χ3n) is 4.94. The molecule has 1 N–H and O–H groups in total. The largest absolute Gasteiger partial charge is 0.368 e. The van der Waals surface area contributed by atoms with E-state index in [4.69, 9.17) is 0 Å². The first-order chi connectivity index (χ1) is 12.6. The van der Waals surface area contributed by atoms with Gasteiger partial charge >= 0.3 is 0 Å². The van der Waals surface area contributed by atoms with Crippen LogP contribution in [0, 0.1) is 6.92 Å². The van der Waals surface area contributed by atoms with Crippen LogP contribution in [0.5, 0.6) is 0 Å². The van der Waals surface area contributed by atoms with Gasteiger partial charge in [-0.25, -0.2) is 0 Å². The van der Waals surface area contributed by atoms with E-state index in [0.717, 1.165) is 16.8 Å². The summed E-state index contributed by atoms with van der Waals surface area (Å²) in [7, 11) is 0. The molecule has 1 atom stereocenters. The van der Waals surface area contributed by atoms with Gasteiger partial charge in [0.25, 0.3) is 0 Å². The first-order valence-electron chi connectivity index (χ1n) is 8.67. The number of benzene rings is 3. The lowest BCUT2D eigenvalue weighted by molar-refractivity contribution is 0.0846. The van der Waals surface area contributed by atoms with Gasteiger partial charge < -0.3 is 5.32 Å². The zero-order valence-electron chi connectivity index (χ0n) is 14.5. The second-order valence-electron chi connectivity index (χ2n) is 6.74. The fourth-order valence-corrected chi connectivity index (χ4v) is 3.59. The standard InChI is InChI=1S/C23H19NO2/c1-16-12-13-20-19(14-16)22(26)23(24-20,18-10-6-3-7-11-18)15-21(25)17-8-4-2-5-9-17/h2-14,24H,15H2,1H3. The first-order valence-corrected chi connectivity index (χ1v) is 8.67. The van der Waals surface area contributed by atoms with Crippen LogP contribution < -0.4 is 5.32 Å². The van der Waals surface area contributed by atoms with E-state index in [0.29, 0.717) is 11.1 Å². The molecule has 0 radical (unpaired) electrons. The van der Waals surface area contributed by atoms with Gasteiger partial charge in [0.1, 0.15) is 5.54 Å². The van der Waals surface area contributed by atoms with E-state index < -0.39 is 5.54 Å². The summed E-state index contributed by atoms with van der Waals surface area (Å²) in [6.07, 6.45) is 0.0770. The molecule has 0 aromatic heterocycles. The SMILES string of the molecule is Cc1ccc2c(c1)C(=O)C(CC(=O)c1ccccc1)(c1ccccc1)N2. The van der Waals surface area contributed by atoms with E-state index in [-0.39, 0.29) is 18.0 Å². The molecular weight excluding hydrogens is 322 g/mol. The second-order valence-corrected chi connectivity index (χ2v) is 6.74. The molecule has 1 unspecified atom stereocenters. The number of carbonyl (C=O) groups is 2. The third kappa shape index (κ3) is 2.62. The highest BCUT2D eigenvalue weighted by Crippen LogP contribution is 2.42. The maximum absolute atomic E-state index is 13.4. The van der Waals surface area contributed by atoms with Crippen LogP contribution in [0.3, 0.4) is 0 Å². The summed E-state index contributed by atoms with van der Waals surface area (Å²) >= 11 is 0. The Bertz CT molecular complexity index is 980. The smallest absolute Gasteiger partial charge is 0.195 e. The van der Waals surface area contributed by atoms with Crippen molar-refractivity contribution in [3.05, 3.63) is 101 Å². The average molecular weight is 341 g/mol. The Morgan fingerprint density at radius 3 is 2.27 bits per heavy atom. The van der Waals surface area contributed by atoms with Gasteiger partial charge in [-0.2, -0.15) is 0 Å². The number of rotatable bonds is 4. The highest BCUT2D eigenvalue weighted by molar-refractivity contribution is 6.16. The van der Waals surface area contributed by atoms with Gasteiger partial charge in [0.2, 0.25) is 0 Å². The zero-order chi connectivity index (χ0) is 18.1. The molecule has 4 rings (SSSR count). The minimum absolute atomic E-state index is 0.0494. The molecule has 1 aliphatic rings. The van der Waals surface area contributed by atoms with Gasteiger partial charge in [-0.3, -0.25) is 9.59 Å². The molecule has 128 valence electrons. The topological polar surface area (TPSA) is 46.2 Å². The molecule has 1 aliphatic heterocycles. The van der Waals surface area contributed by atoms with Crippen LogP contribution in [0.15, 0.2) is 78.9 Å². The van der Waals surface area contributed by atoms with Crippen LogP contribution in [0.2, 0.25) is 0 Å². The highest BCUT2D eigenvalue weighted by atomic mass is 16.1. The number of hydrogen-bond acceptors (Lipinski definition) is 3. The first kappa shape index (κ1) is 16.3. The maximum atomic E-state index is 13.4. The summed E-state index contributed by atoms with van der Waals surface area (Å²) in [5, 5.41) is 3.37. The molecule has 3 heteroatoms. The van der Waals surface area contributed by atoms with Crippen molar-refractivity contribution >= 4 is 17.3 Å². The Morgan fingerprint density at radius 2 is 1.58 bits per heavy atom. The van der Waals surface area contributed by atoms with Gasteiger partial charge in [0, 0.05) is 23.2 Å². The van der Waals surface area contributed by atoms with E-state index in [1.807, 2.05) is 73.7 Å². The Hall–Kier alpha value is -3.20. The number of nitrogens with one attached hydrogen (secondary N) is 1. The Kier molecular flexibility index (Phi) is 3.92. The van der Waals surface area contributed by atoms with Gasteiger partial charge in [-0.05, 0) is 24.6 Å². The van der Waals surface area contributed by atoms with Crippen molar-refractivity contribution in [1.29, 1.82) is 0 Å². The van der Waals surface area contributed by atoms with Gasteiger partial charge in [0.05, 0.1) is 0 Å². The number of Topliss-reactive ketones (excluding diaryl/α,β-unsaturated/α-hetero) is 2. The number of carbonyl (C=O) groups excluding carboxylic acids is 2. The molecule has 0 aliphatic carbocycles. The number of anilines is 1. The molecule has 0 fully saturated rings. The number of ketones is 2. The molecule has 3 aromatic carbocycles. The van der Waals surface area contributed by atoms with E-state index in [2.05, 4.69) is 5.32 Å². The Balaban J connectivity index is 1.80. The minimum Gasteiger partial charge on any atom is -0.368 e. The molecule has 1 heterocycles. The Morgan fingerprint density at radius 1 is 0.923 bits per heavy atom. The quantitative estimate of drug-likeness (QED) is 0.695. The second kappa shape index (κ2) is 6.26. The molecule has 3 aromatic rings. The zero-order valence-corrected chi connectivity index (χ0v) is 14.5. The maximum Gasteiger partial charge on any atom is 0.195 e. The van der Waals surface area contributed by atoms with Crippen LogP contribution in [0.1, 0.15) is 38.3 Å².